The van der Waals surface area contributed by atoms with E-state index >= 15 is 0 Å². The molecule has 2 heteroatoms. The van der Waals surface area contributed by atoms with Gasteiger partial charge in [-0.3, -0.25) is 0 Å². The van der Waals surface area contributed by atoms with Crippen molar-refractivity contribution in [2.75, 3.05) is 25.7 Å². The minimum absolute atomic E-state index is 0.268. The Hall–Kier alpha value is 0.0800. The van der Waals surface area contributed by atoms with E-state index in [0.717, 1.165) is 0 Å². The highest BCUT2D eigenvalue weighted by Crippen LogP contribution is 2.46. The van der Waals surface area contributed by atoms with E-state index in [1.165, 1.54) is 24.6 Å². The van der Waals surface area contributed by atoms with Gasteiger partial charge in [0.15, 0.2) is 0 Å². The SMILES string of the molecule is CP1CCP(C)Cc2ccccc2C1. The van der Waals surface area contributed by atoms with E-state index in [-0.39, 0.29) is 15.8 Å². The molecule has 0 fully saturated rings. The lowest BCUT2D eigenvalue weighted by atomic mass is 10.1. The average Bonchev–Trinajstić information content (AvgIpc) is 2.16. The first-order valence-electron chi connectivity index (χ1n) is 5.19. The molecule has 14 heavy (non-hydrogen) atoms. The van der Waals surface area contributed by atoms with Crippen molar-refractivity contribution in [1.82, 2.24) is 0 Å². The van der Waals surface area contributed by atoms with E-state index in [0.29, 0.717) is 0 Å². The summed E-state index contributed by atoms with van der Waals surface area (Å²) in [5, 5.41) is 0. The van der Waals surface area contributed by atoms with Gasteiger partial charge in [0.2, 0.25) is 0 Å². The summed E-state index contributed by atoms with van der Waals surface area (Å²) in [4.78, 5) is 0. The second-order valence-electron chi connectivity index (χ2n) is 4.24. The monoisotopic (exact) mass is 224 g/mol. The van der Waals surface area contributed by atoms with Gasteiger partial charge in [0.05, 0.1) is 0 Å². The summed E-state index contributed by atoms with van der Waals surface area (Å²) < 4.78 is 0. The molecule has 0 aromatic heterocycles. The third kappa shape index (κ3) is 2.56. The predicted molar refractivity (Wildman–Crippen MR) is 69.3 cm³/mol. The summed E-state index contributed by atoms with van der Waals surface area (Å²) >= 11 is 0. The molecule has 0 N–H and O–H groups in total. The third-order valence-corrected chi connectivity index (χ3v) is 6.95. The van der Waals surface area contributed by atoms with Crippen molar-refractivity contribution < 1.29 is 0 Å². The fourth-order valence-electron chi connectivity index (χ4n) is 1.95. The molecular weight excluding hydrogens is 206 g/mol. The van der Waals surface area contributed by atoms with Crippen molar-refractivity contribution in [3.63, 3.8) is 0 Å². The zero-order valence-corrected chi connectivity index (χ0v) is 10.8. The van der Waals surface area contributed by atoms with Gasteiger partial charge in [-0.05, 0) is 49.1 Å². The van der Waals surface area contributed by atoms with Crippen LogP contribution in [-0.4, -0.2) is 25.7 Å². The predicted octanol–water partition coefficient (Wildman–Crippen LogP) is 3.92. The molecular formula is C12H18P2. The molecule has 1 aromatic rings. The summed E-state index contributed by atoms with van der Waals surface area (Å²) in [6.45, 7) is 4.92. The van der Waals surface area contributed by atoms with Gasteiger partial charge in [-0.1, -0.05) is 24.3 Å². The lowest BCUT2D eigenvalue weighted by molar-refractivity contribution is 1.23. The van der Waals surface area contributed by atoms with E-state index in [1.54, 1.807) is 11.1 Å². The fourth-order valence-corrected chi connectivity index (χ4v) is 6.77. The molecule has 0 bridgehead atoms. The van der Waals surface area contributed by atoms with Crippen LogP contribution in [0.15, 0.2) is 24.3 Å². The van der Waals surface area contributed by atoms with Gasteiger partial charge < -0.3 is 0 Å². The van der Waals surface area contributed by atoms with Gasteiger partial charge >= 0.3 is 0 Å². The van der Waals surface area contributed by atoms with Crippen molar-refractivity contribution in [3.05, 3.63) is 35.4 Å². The van der Waals surface area contributed by atoms with Crippen LogP contribution in [0.5, 0.6) is 0 Å². The van der Waals surface area contributed by atoms with Crippen LogP contribution in [0.2, 0.25) is 0 Å². The Morgan fingerprint density at radius 3 is 1.71 bits per heavy atom. The molecule has 2 atom stereocenters. The van der Waals surface area contributed by atoms with Crippen LogP contribution in [0.25, 0.3) is 0 Å². The minimum Gasteiger partial charge on any atom is -0.105 e. The normalized spacial score (nSPS) is 27.6. The fraction of sp³-hybridized carbons (Fsp3) is 0.500. The molecule has 0 aliphatic carbocycles. The largest absolute Gasteiger partial charge is 0.105 e. The van der Waals surface area contributed by atoms with E-state index in [4.69, 9.17) is 0 Å². The molecule has 1 aliphatic rings. The lowest BCUT2D eigenvalue weighted by Crippen LogP contribution is -2.02. The van der Waals surface area contributed by atoms with E-state index in [9.17, 15) is 0 Å². The Kier molecular flexibility index (Phi) is 3.58. The average molecular weight is 224 g/mol. The molecule has 0 nitrogen and oxygen atoms in total. The Bertz CT molecular complexity index is 278. The first kappa shape index (κ1) is 10.6. The zero-order valence-electron chi connectivity index (χ0n) is 9.03. The maximum Gasteiger partial charge on any atom is -0.00726 e. The molecule has 0 saturated carbocycles. The molecule has 1 aromatic carbocycles. The van der Waals surface area contributed by atoms with Crippen LogP contribution in [0, 0.1) is 0 Å². The summed E-state index contributed by atoms with van der Waals surface area (Å²) in [7, 11) is 0.535. The number of hydrogen-bond acceptors (Lipinski definition) is 0. The maximum absolute atomic E-state index is 2.46. The van der Waals surface area contributed by atoms with Crippen molar-refractivity contribution in [3.8, 4) is 0 Å². The number of fused-ring (bicyclic) bond motifs is 1. The van der Waals surface area contributed by atoms with Gasteiger partial charge in [0.1, 0.15) is 0 Å². The maximum atomic E-state index is 2.46. The molecule has 0 radical (unpaired) electrons. The van der Waals surface area contributed by atoms with Gasteiger partial charge in [-0.2, -0.15) is 0 Å². The van der Waals surface area contributed by atoms with Crippen LogP contribution in [0.1, 0.15) is 11.1 Å². The Morgan fingerprint density at radius 2 is 1.29 bits per heavy atom. The Balaban J connectivity index is 2.28. The summed E-state index contributed by atoms with van der Waals surface area (Å²) in [5.74, 6) is 0. The van der Waals surface area contributed by atoms with Crippen LogP contribution < -0.4 is 0 Å². The van der Waals surface area contributed by atoms with Crippen LogP contribution in [-0.2, 0) is 12.3 Å². The highest BCUT2D eigenvalue weighted by Gasteiger charge is 2.14. The molecule has 0 amide bonds. The summed E-state index contributed by atoms with van der Waals surface area (Å²) in [6, 6.07) is 9.06. The van der Waals surface area contributed by atoms with Crippen molar-refractivity contribution in [2.45, 2.75) is 12.3 Å². The first-order chi connectivity index (χ1) is 6.75. The minimum atomic E-state index is 0.268. The van der Waals surface area contributed by atoms with Gasteiger partial charge in [0.25, 0.3) is 0 Å². The van der Waals surface area contributed by atoms with Gasteiger partial charge in [0, 0.05) is 0 Å². The van der Waals surface area contributed by atoms with Gasteiger partial charge in [-0.25, -0.2) is 0 Å². The molecule has 2 unspecified atom stereocenters. The highest BCUT2D eigenvalue weighted by atomic mass is 31.1. The number of hydrogen-bond donors (Lipinski definition) is 0. The Labute approximate surface area is 89.6 Å². The van der Waals surface area contributed by atoms with Gasteiger partial charge in [-0.15, -0.1) is 15.8 Å². The molecule has 0 saturated heterocycles. The third-order valence-electron chi connectivity index (χ3n) is 2.86. The quantitative estimate of drug-likeness (QED) is 0.586. The van der Waals surface area contributed by atoms with Crippen LogP contribution >= 0.6 is 15.8 Å². The van der Waals surface area contributed by atoms with E-state index < -0.39 is 0 Å². The molecule has 1 aliphatic heterocycles. The topological polar surface area (TPSA) is 0 Å². The first-order valence-corrected chi connectivity index (χ1v) is 9.51. The number of rotatable bonds is 0. The lowest BCUT2D eigenvalue weighted by Gasteiger charge is -2.23. The highest BCUT2D eigenvalue weighted by molar-refractivity contribution is 7.60. The second-order valence-corrected chi connectivity index (χ2v) is 9.20. The number of benzene rings is 1. The molecule has 0 spiro atoms. The Morgan fingerprint density at radius 1 is 0.857 bits per heavy atom. The summed E-state index contributed by atoms with van der Waals surface area (Å²) in [5.41, 5.74) is 3.27. The zero-order chi connectivity index (χ0) is 9.97. The standard InChI is InChI=1S/C12H18P2/c1-13-7-8-14(2)10-12-6-4-3-5-11(12)9-13/h3-6H,7-10H2,1-2H3. The van der Waals surface area contributed by atoms with E-state index in [1.807, 2.05) is 0 Å². The summed E-state index contributed by atoms with van der Waals surface area (Å²) in [6.07, 6.45) is 5.70. The second kappa shape index (κ2) is 4.73. The molecule has 1 heterocycles. The van der Waals surface area contributed by atoms with Crippen molar-refractivity contribution in [2.24, 2.45) is 0 Å². The van der Waals surface area contributed by atoms with Crippen LogP contribution in [0.3, 0.4) is 0 Å². The molecule has 2 rings (SSSR count). The van der Waals surface area contributed by atoms with E-state index in [2.05, 4.69) is 37.6 Å². The van der Waals surface area contributed by atoms with Crippen molar-refractivity contribution >= 4 is 15.8 Å². The van der Waals surface area contributed by atoms with Crippen molar-refractivity contribution in [1.29, 1.82) is 0 Å². The smallest absolute Gasteiger partial charge is 0.00726 e. The van der Waals surface area contributed by atoms with Crippen LogP contribution in [0.4, 0.5) is 0 Å². The molecule has 76 valence electrons.